The number of para-hydroxylation sites is 2. The number of hydrogen-bond donors (Lipinski definition) is 2. The van der Waals surface area contributed by atoms with Crippen LogP contribution in [0, 0.1) is 11.8 Å². The van der Waals surface area contributed by atoms with E-state index in [1.165, 1.54) is 0 Å². The Balaban J connectivity index is 1.49. The summed E-state index contributed by atoms with van der Waals surface area (Å²) < 4.78 is 5.78. The predicted octanol–water partition coefficient (Wildman–Crippen LogP) is 2.27. The van der Waals surface area contributed by atoms with Gasteiger partial charge in [0.15, 0.2) is 5.58 Å². The minimum absolute atomic E-state index is 0.00875. The van der Waals surface area contributed by atoms with Crippen LogP contribution in [0.25, 0.3) is 11.1 Å². The highest BCUT2D eigenvalue weighted by atomic mass is 16.4. The highest BCUT2D eigenvalue weighted by Gasteiger charge is 2.27. The molecule has 2 aromatic rings. The van der Waals surface area contributed by atoms with Crippen molar-refractivity contribution in [2.24, 2.45) is 11.8 Å². The standard InChI is InChI=1S/C18H23N3O4/c1-12(10-16(22)23)11-19-17(24)13-6-8-21(9-7-13)18-20-14-4-2-3-5-15(14)25-18/h2-5,12-13H,6-11H2,1H3,(H,19,24)(H,22,23). The molecule has 2 heterocycles. The molecule has 2 N–H and O–H groups in total. The van der Waals surface area contributed by atoms with Gasteiger partial charge in [-0.15, -0.1) is 0 Å². The molecule has 0 aliphatic carbocycles. The summed E-state index contributed by atoms with van der Waals surface area (Å²) in [6.45, 7) is 3.66. The molecule has 1 unspecified atom stereocenters. The van der Waals surface area contributed by atoms with Gasteiger partial charge in [-0.1, -0.05) is 19.1 Å². The Hall–Kier alpha value is -2.57. The number of fused-ring (bicyclic) bond motifs is 1. The van der Waals surface area contributed by atoms with Gasteiger partial charge in [0.2, 0.25) is 5.91 Å². The van der Waals surface area contributed by atoms with Crippen molar-refractivity contribution in [1.29, 1.82) is 0 Å². The summed E-state index contributed by atoms with van der Waals surface area (Å²) in [5, 5.41) is 11.6. The van der Waals surface area contributed by atoms with Crippen LogP contribution in [0.15, 0.2) is 28.7 Å². The number of aliphatic carboxylic acids is 1. The molecule has 0 bridgehead atoms. The van der Waals surface area contributed by atoms with Crippen molar-refractivity contribution in [3.8, 4) is 0 Å². The van der Waals surface area contributed by atoms with E-state index >= 15 is 0 Å². The number of benzene rings is 1. The van der Waals surface area contributed by atoms with E-state index in [-0.39, 0.29) is 24.2 Å². The second-order valence-electron chi connectivity index (χ2n) is 6.67. The summed E-state index contributed by atoms with van der Waals surface area (Å²) in [6, 6.07) is 8.26. The minimum atomic E-state index is -0.839. The predicted molar refractivity (Wildman–Crippen MR) is 93.4 cm³/mol. The summed E-state index contributed by atoms with van der Waals surface area (Å²) >= 11 is 0. The van der Waals surface area contributed by atoms with E-state index in [1.54, 1.807) is 0 Å². The number of piperidine rings is 1. The smallest absolute Gasteiger partial charge is 0.303 e. The number of hydrogen-bond acceptors (Lipinski definition) is 5. The van der Waals surface area contributed by atoms with Crippen molar-refractivity contribution in [3.05, 3.63) is 24.3 Å². The molecular weight excluding hydrogens is 322 g/mol. The van der Waals surface area contributed by atoms with Gasteiger partial charge in [0.25, 0.3) is 6.01 Å². The first kappa shape index (κ1) is 17.3. The van der Waals surface area contributed by atoms with Crippen LogP contribution in [-0.2, 0) is 9.59 Å². The maximum absolute atomic E-state index is 12.3. The third kappa shape index (κ3) is 4.29. The zero-order valence-electron chi connectivity index (χ0n) is 14.3. The van der Waals surface area contributed by atoms with Gasteiger partial charge in [-0.3, -0.25) is 9.59 Å². The molecule has 134 valence electrons. The molecule has 1 aromatic carbocycles. The molecule has 1 amide bonds. The lowest BCUT2D eigenvalue weighted by molar-refractivity contribution is -0.138. The van der Waals surface area contributed by atoms with Crippen LogP contribution in [0.2, 0.25) is 0 Å². The summed E-state index contributed by atoms with van der Waals surface area (Å²) in [7, 11) is 0. The quantitative estimate of drug-likeness (QED) is 0.834. The van der Waals surface area contributed by atoms with E-state index in [1.807, 2.05) is 31.2 Å². The largest absolute Gasteiger partial charge is 0.481 e. The van der Waals surface area contributed by atoms with E-state index in [0.717, 1.165) is 37.0 Å². The number of nitrogens with one attached hydrogen (secondary N) is 1. The van der Waals surface area contributed by atoms with Crippen LogP contribution in [-0.4, -0.2) is 41.6 Å². The number of carboxylic acid groups (broad SMARTS) is 1. The van der Waals surface area contributed by atoms with Gasteiger partial charge in [0, 0.05) is 32.0 Å². The lowest BCUT2D eigenvalue weighted by atomic mass is 9.96. The Bertz CT molecular complexity index is 717. The Kier molecular flexibility index (Phi) is 5.21. The molecule has 1 fully saturated rings. The van der Waals surface area contributed by atoms with E-state index in [9.17, 15) is 9.59 Å². The second kappa shape index (κ2) is 7.55. The maximum atomic E-state index is 12.3. The first-order chi connectivity index (χ1) is 12.0. The minimum Gasteiger partial charge on any atom is -0.481 e. The van der Waals surface area contributed by atoms with Crippen LogP contribution in [0.5, 0.6) is 0 Å². The van der Waals surface area contributed by atoms with E-state index in [4.69, 9.17) is 9.52 Å². The maximum Gasteiger partial charge on any atom is 0.303 e. The van der Waals surface area contributed by atoms with Crippen molar-refractivity contribution in [1.82, 2.24) is 10.3 Å². The zero-order chi connectivity index (χ0) is 17.8. The fourth-order valence-electron chi connectivity index (χ4n) is 3.12. The molecule has 1 aromatic heterocycles. The van der Waals surface area contributed by atoms with Gasteiger partial charge in [-0.2, -0.15) is 4.98 Å². The monoisotopic (exact) mass is 345 g/mol. The van der Waals surface area contributed by atoms with Gasteiger partial charge in [-0.25, -0.2) is 0 Å². The van der Waals surface area contributed by atoms with Crippen molar-refractivity contribution in [3.63, 3.8) is 0 Å². The summed E-state index contributed by atoms with van der Waals surface area (Å²) in [4.78, 5) is 29.5. The topological polar surface area (TPSA) is 95.7 Å². The average Bonchev–Trinajstić information content (AvgIpc) is 3.03. The fraction of sp³-hybridized carbons (Fsp3) is 0.500. The molecule has 25 heavy (non-hydrogen) atoms. The highest BCUT2D eigenvalue weighted by molar-refractivity contribution is 5.79. The number of carbonyl (C=O) groups is 2. The number of aromatic nitrogens is 1. The number of rotatable bonds is 6. The molecule has 7 nitrogen and oxygen atoms in total. The number of nitrogens with zero attached hydrogens (tertiary/aromatic N) is 2. The van der Waals surface area contributed by atoms with Crippen LogP contribution in [0.3, 0.4) is 0 Å². The van der Waals surface area contributed by atoms with Crippen molar-refractivity contribution in [2.75, 3.05) is 24.5 Å². The Labute approximate surface area is 146 Å². The lowest BCUT2D eigenvalue weighted by Crippen LogP contribution is -2.41. The summed E-state index contributed by atoms with van der Waals surface area (Å²) in [5.74, 6) is -0.943. The van der Waals surface area contributed by atoms with Crippen LogP contribution in [0.4, 0.5) is 6.01 Å². The zero-order valence-corrected chi connectivity index (χ0v) is 14.3. The van der Waals surface area contributed by atoms with Crippen LogP contribution >= 0.6 is 0 Å². The first-order valence-corrected chi connectivity index (χ1v) is 8.63. The molecule has 1 atom stereocenters. The molecule has 0 spiro atoms. The molecule has 3 rings (SSSR count). The number of anilines is 1. The van der Waals surface area contributed by atoms with Gasteiger partial charge in [0.1, 0.15) is 5.52 Å². The van der Waals surface area contributed by atoms with Crippen LogP contribution < -0.4 is 10.2 Å². The van der Waals surface area contributed by atoms with Crippen molar-refractivity contribution >= 4 is 29.0 Å². The third-order valence-corrected chi connectivity index (χ3v) is 4.57. The number of oxazole rings is 1. The molecule has 0 radical (unpaired) electrons. The number of carboxylic acids is 1. The Morgan fingerprint density at radius 2 is 2.08 bits per heavy atom. The molecule has 7 heteroatoms. The Morgan fingerprint density at radius 3 is 2.76 bits per heavy atom. The lowest BCUT2D eigenvalue weighted by Gasteiger charge is -2.30. The normalized spacial score (nSPS) is 16.8. The van der Waals surface area contributed by atoms with Crippen LogP contribution in [0.1, 0.15) is 26.2 Å². The summed E-state index contributed by atoms with van der Waals surface area (Å²) in [5.41, 5.74) is 1.61. The van der Waals surface area contributed by atoms with Crippen molar-refractivity contribution in [2.45, 2.75) is 26.2 Å². The number of amides is 1. The molecule has 1 aliphatic heterocycles. The summed E-state index contributed by atoms with van der Waals surface area (Å²) in [6.07, 6.45) is 1.53. The molecule has 1 aliphatic rings. The van der Waals surface area contributed by atoms with Gasteiger partial charge < -0.3 is 19.7 Å². The van der Waals surface area contributed by atoms with Gasteiger partial charge in [-0.05, 0) is 30.9 Å². The molecule has 0 saturated carbocycles. The average molecular weight is 345 g/mol. The van der Waals surface area contributed by atoms with E-state index in [2.05, 4.69) is 15.2 Å². The molecule has 1 saturated heterocycles. The third-order valence-electron chi connectivity index (χ3n) is 4.57. The van der Waals surface area contributed by atoms with E-state index in [0.29, 0.717) is 12.6 Å². The first-order valence-electron chi connectivity index (χ1n) is 8.63. The molecular formula is C18H23N3O4. The SMILES string of the molecule is CC(CNC(=O)C1CCN(c2nc3ccccc3o2)CC1)CC(=O)O. The van der Waals surface area contributed by atoms with Gasteiger partial charge in [0.05, 0.1) is 0 Å². The van der Waals surface area contributed by atoms with Gasteiger partial charge >= 0.3 is 5.97 Å². The Morgan fingerprint density at radius 1 is 1.36 bits per heavy atom. The number of carbonyl (C=O) groups excluding carboxylic acids is 1. The van der Waals surface area contributed by atoms with E-state index < -0.39 is 5.97 Å². The van der Waals surface area contributed by atoms with Crippen molar-refractivity contribution < 1.29 is 19.1 Å². The second-order valence-corrected chi connectivity index (χ2v) is 6.67. The fourth-order valence-corrected chi connectivity index (χ4v) is 3.12. The highest BCUT2D eigenvalue weighted by Crippen LogP contribution is 2.26.